The molecule has 3 heterocycles. The van der Waals surface area contributed by atoms with Gasteiger partial charge in [0, 0.05) is 24.5 Å². The van der Waals surface area contributed by atoms with E-state index in [1.54, 1.807) is 27.7 Å². The number of hydrogen-bond donors (Lipinski definition) is 3. The maximum atomic E-state index is 13.6. The van der Waals surface area contributed by atoms with Gasteiger partial charge in [-0.1, -0.05) is 34.3 Å². The van der Waals surface area contributed by atoms with Crippen LogP contribution >= 0.6 is 0 Å². The quantitative estimate of drug-likeness (QED) is 0.291. The van der Waals surface area contributed by atoms with E-state index in [4.69, 9.17) is 28.4 Å². The van der Waals surface area contributed by atoms with Gasteiger partial charge in [0.2, 0.25) is 0 Å². The van der Waals surface area contributed by atoms with E-state index in [0.29, 0.717) is 17.7 Å². The monoisotopic (exact) mass is 668 g/mol. The van der Waals surface area contributed by atoms with Crippen molar-refractivity contribution in [3.63, 3.8) is 0 Å². The number of aliphatic hydroxyl groups is 2. The number of cyclic esters (lactones) is 1. The number of nitrogens with one attached hydrogen (secondary N) is 1. The first kappa shape index (κ1) is 39.5. The van der Waals surface area contributed by atoms with Gasteiger partial charge in [0.15, 0.2) is 12.4 Å². The molecule has 2 bridgehead atoms. The highest BCUT2D eigenvalue weighted by Gasteiger charge is 2.53. The minimum atomic E-state index is -1.66. The van der Waals surface area contributed by atoms with E-state index in [1.807, 2.05) is 46.7 Å². The second-order valence-corrected chi connectivity index (χ2v) is 14.8. The van der Waals surface area contributed by atoms with Gasteiger partial charge in [0.05, 0.1) is 55.2 Å². The highest BCUT2D eigenvalue weighted by molar-refractivity contribution is 5.86. The second-order valence-electron chi connectivity index (χ2n) is 14.8. The summed E-state index contributed by atoms with van der Waals surface area (Å²) in [5.41, 5.74) is -1.91. The number of fused-ring (bicyclic) bond motifs is 5. The second kappa shape index (κ2) is 15.7. The molecule has 3 N–H and O–H groups in total. The summed E-state index contributed by atoms with van der Waals surface area (Å²) >= 11 is 0. The van der Waals surface area contributed by atoms with E-state index >= 15 is 0 Å². The molecule has 0 aliphatic carbocycles. The van der Waals surface area contributed by atoms with E-state index in [0.717, 1.165) is 0 Å². The highest BCUT2D eigenvalue weighted by Crippen LogP contribution is 2.41. The summed E-state index contributed by atoms with van der Waals surface area (Å²) in [6, 6.07) is -0.220. The van der Waals surface area contributed by atoms with E-state index < -0.39 is 77.7 Å². The maximum absolute atomic E-state index is 13.6. The Kier molecular flexibility index (Phi) is 13.2. The fourth-order valence-electron chi connectivity index (χ4n) is 7.67. The number of aliphatic hydroxyl groups excluding tert-OH is 1. The zero-order valence-electron chi connectivity index (χ0n) is 30.3. The van der Waals surface area contributed by atoms with Gasteiger partial charge >= 0.3 is 11.9 Å². The number of carbonyl (C=O) groups is 2. The molecule has 14 atom stereocenters. The zero-order valence-corrected chi connectivity index (χ0v) is 30.3. The number of hydrogen-bond acceptors (Lipinski definition) is 12. The van der Waals surface area contributed by atoms with Gasteiger partial charge < -0.3 is 48.9 Å². The lowest BCUT2D eigenvalue weighted by Gasteiger charge is -2.49. The van der Waals surface area contributed by atoms with Crippen LogP contribution in [0.5, 0.6) is 0 Å². The molecule has 3 aliphatic rings. The smallest absolute Gasteiger partial charge is 0.311 e. The molecule has 47 heavy (non-hydrogen) atoms. The number of rotatable bonds is 5. The lowest BCUT2D eigenvalue weighted by molar-refractivity contribution is -0.304. The Morgan fingerprint density at radius 2 is 1.77 bits per heavy atom. The molecule has 0 amide bonds. The van der Waals surface area contributed by atoms with Gasteiger partial charge in [-0.15, -0.1) is 0 Å². The van der Waals surface area contributed by atoms with Gasteiger partial charge in [-0.2, -0.15) is 0 Å². The largest absolute Gasteiger partial charge is 0.459 e. The van der Waals surface area contributed by atoms with E-state index in [9.17, 15) is 25.2 Å². The van der Waals surface area contributed by atoms with Crippen LogP contribution in [0.25, 0.3) is 0 Å². The number of carbonyl (C=O) groups excluding carboxylic acids is 2. The Labute approximate surface area is 280 Å². The molecule has 0 saturated carbocycles. The Morgan fingerprint density at radius 1 is 1.13 bits per heavy atom. The van der Waals surface area contributed by atoms with E-state index in [1.165, 1.54) is 6.92 Å². The Bertz CT molecular complexity index is 1130. The molecule has 0 unspecified atom stereocenters. The summed E-state index contributed by atoms with van der Waals surface area (Å²) in [7, 11) is 3.81. The molecule has 12 nitrogen and oxygen atoms in total. The van der Waals surface area contributed by atoms with Crippen LogP contribution < -0.4 is 0 Å². The van der Waals surface area contributed by atoms with Gasteiger partial charge in [-0.05, 0) is 72.5 Å². The lowest BCUT2D eigenvalue weighted by Crippen LogP contribution is -2.61. The summed E-state index contributed by atoms with van der Waals surface area (Å²) < 4.78 is 37.9. The molecule has 270 valence electrons. The molecule has 3 aliphatic heterocycles. The van der Waals surface area contributed by atoms with Crippen LogP contribution in [0.1, 0.15) is 81.6 Å². The van der Waals surface area contributed by atoms with Crippen LogP contribution in [0.4, 0.5) is 0 Å². The van der Waals surface area contributed by atoms with Crippen molar-refractivity contribution in [3.05, 3.63) is 12.2 Å². The molecule has 0 spiro atoms. The van der Waals surface area contributed by atoms with Crippen molar-refractivity contribution in [2.24, 2.45) is 23.7 Å². The molecular formula is C35H60N2O10. The Morgan fingerprint density at radius 3 is 2.34 bits per heavy atom. The van der Waals surface area contributed by atoms with Crippen LogP contribution in [0.2, 0.25) is 0 Å². The van der Waals surface area contributed by atoms with E-state index in [2.05, 4.69) is 6.58 Å². The number of esters is 2. The fraction of sp³-hybridized carbons (Fsp3) is 0.857. The molecule has 3 saturated heterocycles. The summed E-state index contributed by atoms with van der Waals surface area (Å²) in [6.45, 7) is 19.9. The number of likely N-dealkylation sites (N-methyl/N-ethyl adjacent to an activating group) is 1. The van der Waals surface area contributed by atoms with Crippen molar-refractivity contribution in [3.8, 4) is 0 Å². The van der Waals surface area contributed by atoms with Crippen LogP contribution in [-0.2, 0) is 38.0 Å². The predicted octanol–water partition coefficient (Wildman–Crippen LogP) is 3.50. The van der Waals surface area contributed by atoms with Gasteiger partial charge in [-0.25, -0.2) is 0 Å². The van der Waals surface area contributed by atoms with Crippen molar-refractivity contribution in [2.45, 2.75) is 142 Å². The third kappa shape index (κ3) is 8.81. The third-order valence-corrected chi connectivity index (χ3v) is 10.5. The average molecular weight is 669 g/mol. The third-order valence-electron chi connectivity index (χ3n) is 10.5. The first-order valence-corrected chi connectivity index (χ1v) is 17.0. The van der Waals surface area contributed by atoms with E-state index in [-0.39, 0.29) is 44.1 Å². The van der Waals surface area contributed by atoms with Crippen molar-refractivity contribution in [2.75, 3.05) is 27.3 Å². The molecule has 3 rings (SSSR count). The minimum absolute atomic E-state index is 0.0374. The predicted molar refractivity (Wildman–Crippen MR) is 176 cm³/mol. The molecule has 3 fully saturated rings. The number of ether oxygens (including phenoxy) is 6. The maximum Gasteiger partial charge on any atom is 0.311 e. The Hall–Kier alpha value is -1.93. The topological polar surface area (TPSA) is 157 Å². The molecule has 0 aromatic rings. The standard InChI is InChI=1S/C35H60N2O10/c1-13-26-35(10,41)31-21(5)27(36)19(3)15-34(9,43-17-18(2)16-42-31)30(22(6)28(39)23(7)32(40)46-26)47-33-29(45-24(8)38)25(37(11)12)14-20(4)44-33/h19-23,25-26,28-31,33,36,39,41H,2,13-17H2,1,3-12H3/t19-,20-,21+,22+,23-,25+,26-,28+,29-,30-,31-,33+,34-,35-/m1/s1. The molecule has 0 aromatic carbocycles. The summed E-state index contributed by atoms with van der Waals surface area (Å²) in [6.07, 6.45) is -4.98. The summed E-state index contributed by atoms with van der Waals surface area (Å²) in [5.74, 6) is -3.87. The van der Waals surface area contributed by atoms with Crippen LogP contribution in [0, 0.1) is 29.1 Å². The molecule has 12 heteroatoms. The summed E-state index contributed by atoms with van der Waals surface area (Å²) in [4.78, 5) is 27.9. The first-order chi connectivity index (χ1) is 21.7. The SMILES string of the molecule is C=C1CO[C@@H]2[C@@H](C)C(=N)[C@H](C)C[C@@](C)(OC1)[C@H](O[C@@H]1O[C@H](C)C[C@H](N(C)C)[C@H]1OC(C)=O)[C@@H](C)[C@H](O)[C@@H](C)C(=O)O[C@H](CC)[C@@]2(C)O. The van der Waals surface area contributed by atoms with Crippen LogP contribution in [-0.4, -0.2) is 120 Å². The molecule has 0 aromatic heterocycles. The fourth-order valence-corrected chi connectivity index (χ4v) is 7.67. The lowest BCUT2D eigenvalue weighted by atomic mass is 9.73. The van der Waals surface area contributed by atoms with Crippen molar-refractivity contribution in [1.82, 2.24) is 4.90 Å². The number of nitrogens with zero attached hydrogens (tertiary/aromatic N) is 1. The summed E-state index contributed by atoms with van der Waals surface area (Å²) in [5, 5.41) is 33.1. The van der Waals surface area contributed by atoms with Crippen molar-refractivity contribution in [1.29, 1.82) is 5.41 Å². The van der Waals surface area contributed by atoms with Crippen LogP contribution in [0.15, 0.2) is 12.2 Å². The van der Waals surface area contributed by atoms with Gasteiger partial charge in [0.25, 0.3) is 0 Å². The minimum Gasteiger partial charge on any atom is -0.459 e. The molecule has 0 radical (unpaired) electrons. The first-order valence-electron chi connectivity index (χ1n) is 17.0. The van der Waals surface area contributed by atoms with Crippen molar-refractivity contribution < 1.29 is 48.2 Å². The van der Waals surface area contributed by atoms with Gasteiger partial charge in [0.1, 0.15) is 11.7 Å². The highest BCUT2D eigenvalue weighted by atomic mass is 16.7. The van der Waals surface area contributed by atoms with Crippen molar-refractivity contribution >= 4 is 17.7 Å². The van der Waals surface area contributed by atoms with Crippen LogP contribution in [0.3, 0.4) is 0 Å². The van der Waals surface area contributed by atoms with Gasteiger partial charge in [-0.3, -0.25) is 9.59 Å². The average Bonchev–Trinajstić information content (AvgIpc) is 3.00. The Balaban J connectivity index is 2.23. The molecular weight excluding hydrogens is 608 g/mol. The zero-order chi connectivity index (χ0) is 35.6. The normalized spacial score (nSPS) is 44.6.